The van der Waals surface area contributed by atoms with Crippen LogP contribution in [0.3, 0.4) is 0 Å². The lowest BCUT2D eigenvalue weighted by molar-refractivity contribution is 0.414. The van der Waals surface area contributed by atoms with Crippen molar-refractivity contribution in [2.24, 2.45) is 0 Å². The van der Waals surface area contributed by atoms with Gasteiger partial charge in [-0.3, -0.25) is 14.2 Å². The van der Waals surface area contributed by atoms with Crippen molar-refractivity contribution in [1.82, 2.24) is 9.55 Å². The number of methoxy groups -OCH3 is 1. The van der Waals surface area contributed by atoms with E-state index in [1.165, 1.54) is 11.7 Å². The van der Waals surface area contributed by atoms with Gasteiger partial charge in [-0.2, -0.15) is 4.98 Å². The Morgan fingerprint density at radius 3 is 2.44 bits per heavy atom. The van der Waals surface area contributed by atoms with Gasteiger partial charge < -0.3 is 9.15 Å². The van der Waals surface area contributed by atoms with Crippen molar-refractivity contribution in [2.75, 3.05) is 7.11 Å². The predicted octanol–water partition coefficient (Wildman–Crippen LogP) is 4.54. The molecule has 0 bridgehead atoms. The molecule has 6 heteroatoms. The first-order valence-electron chi connectivity index (χ1n) is 10.2. The number of nitrogens with zero attached hydrogens (tertiary/aromatic N) is 2. The quantitative estimate of drug-likeness (QED) is 0.396. The second kappa shape index (κ2) is 7.81. The molecule has 0 radical (unpaired) electrons. The molecule has 0 aliphatic carbocycles. The van der Waals surface area contributed by atoms with E-state index in [1.807, 2.05) is 61.5 Å². The van der Waals surface area contributed by atoms with Crippen molar-refractivity contribution in [3.63, 3.8) is 0 Å². The molecule has 158 valence electrons. The Morgan fingerprint density at radius 2 is 1.72 bits per heavy atom. The Bertz CT molecular complexity index is 1570. The van der Waals surface area contributed by atoms with Crippen LogP contribution in [-0.2, 0) is 6.54 Å². The highest BCUT2D eigenvalue weighted by molar-refractivity contribution is 5.89. The van der Waals surface area contributed by atoms with E-state index in [9.17, 15) is 9.59 Å². The third-order valence-electron chi connectivity index (χ3n) is 5.50. The summed E-state index contributed by atoms with van der Waals surface area (Å²) in [6, 6.07) is 22.2. The molecule has 5 rings (SSSR count). The Kier molecular flexibility index (Phi) is 4.82. The minimum Gasteiger partial charge on any atom is -0.497 e. The molecule has 0 amide bonds. The molecule has 0 spiro atoms. The molecular weight excluding hydrogens is 404 g/mol. The maximum Gasteiger partial charge on any atom is 0.269 e. The molecule has 0 aliphatic heterocycles. The molecule has 3 aromatic carbocycles. The van der Waals surface area contributed by atoms with Crippen molar-refractivity contribution >= 4 is 22.1 Å². The van der Waals surface area contributed by atoms with Crippen LogP contribution < -0.4 is 15.7 Å². The van der Waals surface area contributed by atoms with Crippen LogP contribution in [0.4, 0.5) is 0 Å². The summed E-state index contributed by atoms with van der Waals surface area (Å²) < 4.78 is 12.7. The minimum atomic E-state index is -0.430. The highest BCUT2D eigenvalue weighted by atomic mass is 16.5. The third kappa shape index (κ3) is 3.36. The summed E-state index contributed by atoms with van der Waals surface area (Å²) in [7, 11) is 1.54. The zero-order valence-corrected chi connectivity index (χ0v) is 17.7. The van der Waals surface area contributed by atoms with Gasteiger partial charge >= 0.3 is 0 Å². The van der Waals surface area contributed by atoms with E-state index >= 15 is 0 Å². The lowest BCUT2D eigenvalue weighted by Crippen LogP contribution is -2.28. The fourth-order valence-electron chi connectivity index (χ4n) is 3.78. The summed E-state index contributed by atoms with van der Waals surface area (Å²) in [6.45, 7) is 2.28. The van der Waals surface area contributed by atoms with Crippen LogP contribution in [0.2, 0.25) is 0 Å². The molecule has 0 fully saturated rings. The highest BCUT2D eigenvalue weighted by Crippen LogP contribution is 2.24. The van der Waals surface area contributed by atoms with E-state index in [0.717, 1.165) is 16.7 Å². The molecule has 0 saturated heterocycles. The van der Waals surface area contributed by atoms with Crippen LogP contribution in [0.5, 0.6) is 5.75 Å². The second-order valence-electron chi connectivity index (χ2n) is 7.65. The topological polar surface area (TPSA) is 74.3 Å². The van der Waals surface area contributed by atoms with Crippen molar-refractivity contribution in [3.8, 4) is 17.1 Å². The third-order valence-corrected chi connectivity index (χ3v) is 5.50. The fourth-order valence-corrected chi connectivity index (χ4v) is 3.78. The van der Waals surface area contributed by atoms with Crippen molar-refractivity contribution in [2.45, 2.75) is 13.5 Å². The standard InChI is InChI=1S/C26H20N2O4/c1-16-8-10-18(11-9-16)24-27-25-22(26(30)28(24)15-17-6-4-3-5-7-17)23(29)20-13-12-19(31-2)14-21(20)32-25/h3-14H,15H2,1-2H3. The van der Waals surface area contributed by atoms with E-state index in [1.54, 1.807) is 18.2 Å². The molecule has 6 nitrogen and oxygen atoms in total. The fraction of sp³-hybridized carbons (Fsp3) is 0.115. The zero-order chi connectivity index (χ0) is 22.2. The van der Waals surface area contributed by atoms with Gasteiger partial charge in [0.25, 0.3) is 5.56 Å². The predicted molar refractivity (Wildman–Crippen MR) is 124 cm³/mol. The van der Waals surface area contributed by atoms with Gasteiger partial charge in [-0.15, -0.1) is 0 Å². The summed E-state index contributed by atoms with van der Waals surface area (Å²) in [5, 5.41) is 0.251. The van der Waals surface area contributed by atoms with Crippen LogP contribution in [0.25, 0.3) is 33.5 Å². The zero-order valence-electron chi connectivity index (χ0n) is 17.7. The molecule has 0 N–H and O–H groups in total. The number of fused-ring (bicyclic) bond motifs is 2. The van der Waals surface area contributed by atoms with E-state index in [4.69, 9.17) is 9.15 Å². The van der Waals surface area contributed by atoms with Crippen LogP contribution in [-0.4, -0.2) is 16.7 Å². The molecular formula is C26H20N2O4. The molecule has 0 atom stereocenters. The molecule has 0 saturated carbocycles. The SMILES string of the molecule is COc1ccc2c(=O)c3c(=O)n(Cc4ccccc4)c(-c4ccc(C)cc4)nc3oc2c1. The van der Waals surface area contributed by atoms with Crippen LogP contribution >= 0.6 is 0 Å². The minimum absolute atomic E-state index is 0.0145. The van der Waals surface area contributed by atoms with E-state index in [2.05, 4.69) is 4.98 Å². The number of rotatable bonds is 4. The summed E-state index contributed by atoms with van der Waals surface area (Å²) in [5.74, 6) is 0.993. The number of hydrogen-bond acceptors (Lipinski definition) is 5. The first-order valence-corrected chi connectivity index (χ1v) is 10.2. The summed E-state index contributed by atoms with van der Waals surface area (Å²) in [6.07, 6.45) is 0. The first kappa shape index (κ1) is 19.8. The largest absolute Gasteiger partial charge is 0.497 e. The van der Waals surface area contributed by atoms with E-state index in [0.29, 0.717) is 22.5 Å². The molecule has 2 heterocycles. The second-order valence-corrected chi connectivity index (χ2v) is 7.65. The molecule has 0 aliphatic rings. The normalized spacial score (nSPS) is 11.2. The van der Waals surface area contributed by atoms with Gasteiger partial charge in [0, 0.05) is 11.6 Å². The van der Waals surface area contributed by atoms with Crippen molar-refractivity contribution in [3.05, 3.63) is 105 Å². The van der Waals surface area contributed by atoms with E-state index < -0.39 is 11.0 Å². The van der Waals surface area contributed by atoms with E-state index in [-0.39, 0.29) is 17.6 Å². The summed E-state index contributed by atoms with van der Waals surface area (Å²) in [4.78, 5) is 31.5. The Balaban J connectivity index is 1.85. The first-order chi connectivity index (χ1) is 15.5. The van der Waals surface area contributed by atoms with Gasteiger partial charge in [-0.25, -0.2) is 0 Å². The molecule has 5 aromatic rings. The highest BCUT2D eigenvalue weighted by Gasteiger charge is 2.19. The number of aromatic nitrogens is 2. The Hall–Kier alpha value is -4.19. The van der Waals surface area contributed by atoms with Gasteiger partial charge in [-0.1, -0.05) is 60.2 Å². The monoisotopic (exact) mass is 424 g/mol. The average Bonchev–Trinajstić information content (AvgIpc) is 2.81. The van der Waals surface area contributed by atoms with Gasteiger partial charge in [0.1, 0.15) is 17.2 Å². The van der Waals surface area contributed by atoms with Crippen LogP contribution in [0, 0.1) is 6.92 Å². The number of hydrogen-bond donors (Lipinski definition) is 0. The number of ether oxygens (including phenoxy) is 1. The van der Waals surface area contributed by atoms with Gasteiger partial charge in [0.2, 0.25) is 11.1 Å². The number of aryl methyl sites for hydroxylation is 1. The maximum atomic E-state index is 13.6. The van der Waals surface area contributed by atoms with Crippen LogP contribution in [0.1, 0.15) is 11.1 Å². The van der Waals surface area contributed by atoms with Gasteiger partial charge in [0.15, 0.2) is 5.39 Å². The average molecular weight is 424 g/mol. The van der Waals surface area contributed by atoms with Gasteiger partial charge in [0.05, 0.1) is 19.0 Å². The Labute approximate surface area is 183 Å². The molecule has 32 heavy (non-hydrogen) atoms. The van der Waals surface area contributed by atoms with Crippen LogP contribution in [0.15, 0.2) is 86.8 Å². The maximum absolute atomic E-state index is 13.6. The Morgan fingerprint density at radius 1 is 0.969 bits per heavy atom. The number of benzene rings is 3. The summed E-state index contributed by atoms with van der Waals surface area (Å²) in [5.41, 5.74) is 2.29. The lowest BCUT2D eigenvalue weighted by Gasteiger charge is -2.14. The smallest absolute Gasteiger partial charge is 0.269 e. The molecule has 0 unspecified atom stereocenters. The van der Waals surface area contributed by atoms with Crippen molar-refractivity contribution < 1.29 is 9.15 Å². The van der Waals surface area contributed by atoms with Gasteiger partial charge in [-0.05, 0) is 24.6 Å². The summed E-state index contributed by atoms with van der Waals surface area (Å²) >= 11 is 0. The van der Waals surface area contributed by atoms with Crippen molar-refractivity contribution in [1.29, 1.82) is 0 Å². The molecule has 2 aromatic heterocycles. The lowest BCUT2D eigenvalue weighted by atomic mass is 10.1.